The van der Waals surface area contributed by atoms with Gasteiger partial charge in [-0.25, -0.2) is 4.39 Å². The van der Waals surface area contributed by atoms with Crippen molar-refractivity contribution >= 4 is 15.9 Å². The molecule has 1 aromatic heterocycles. The minimum Gasteiger partial charge on any atom is -0.492 e. The Morgan fingerprint density at radius 3 is 2.50 bits per heavy atom. The molecule has 5 nitrogen and oxygen atoms in total. The highest BCUT2D eigenvalue weighted by molar-refractivity contribution is 9.10. The van der Waals surface area contributed by atoms with E-state index in [4.69, 9.17) is 4.74 Å². The van der Waals surface area contributed by atoms with E-state index >= 15 is 0 Å². The van der Waals surface area contributed by atoms with Crippen molar-refractivity contribution in [2.75, 3.05) is 6.61 Å². The van der Waals surface area contributed by atoms with Crippen LogP contribution in [0.15, 0.2) is 53.0 Å². The summed E-state index contributed by atoms with van der Waals surface area (Å²) in [7, 11) is 0. The lowest BCUT2D eigenvalue weighted by atomic mass is 10.2. The molecule has 0 unspecified atom stereocenters. The molecule has 0 spiro atoms. The standard InChI is InChI=1S/C15H12BrFN4O/c16-12-3-1-11(2-4-12)15-18-20-21(19-15)9-10-22-14-7-5-13(17)6-8-14/h1-8H,9-10H2. The molecular formula is C15H12BrFN4O. The minimum absolute atomic E-state index is 0.288. The molecule has 22 heavy (non-hydrogen) atoms. The van der Waals surface area contributed by atoms with Gasteiger partial charge < -0.3 is 4.74 Å². The molecule has 7 heteroatoms. The van der Waals surface area contributed by atoms with Gasteiger partial charge in [0.05, 0.1) is 6.54 Å². The third kappa shape index (κ3) is 3.67. The monoisotopic (exact) mass is 362 g/mol. The predicted octanol–water partition coefficient (Wildman–Crippen LogP) is 3.32. The van der Waals surface area contributed by atoms with Crippen molar-refractivity contribution in [3.63, 3.8) is 0 Å². The quantitative estimate of drug-likeness (QED) is 0.698. The lowest BCUT2D eigenvalue weighted by molar-refractivity contribution is 0.280. The van der Waals surface area contributed by atoms with Crippen molar-refractivity contribution in [3.8, 4) is 17.1 Å². The van der Waals surface area contributed by atoms with Crippen molar-refractivity contribution < 1.29 is 9.13 Å². The van der Waals surface area contributed by atoms with Gasteiger partial charge >= 0.3 is 0 Å². The van der Waals surface area contributed by atoms with E-state index in [1.165, 1.54) is 16.9 Å². The Balaban J connectivity index is 1.57. The summed E-state index contributed by atoms with van der Waals surface area (Å²) in [6.07, 6.45) is 0. The van der Waals surface area contributed by atoms with Gasteiger partial charge in [-0.15, -0.1) is 10.2 Å². The van der Waals surface area contributed by atoms with E-state index in [0.29, 0.717) is 24.7 Å². The Morgan fingerprint density at radius 1 is 1.05 bits per heavy atom. The van der Waals surface area contributed by atoms with Crippen molar-refractivity contribution in [1.82, 2.24) is 20.2 Å². The van der Waals surface area contributed by atoms with Crippen LogP contribution in [0.4, 0.5) is 4.39 Å². The number of halogens is 2. The van der Waals surface area contributed by atoms with Gasteiger partial charge in [0.15, 0.2) is 0 Å². The molecule has 0 aliphatic carbocycles. The highest BCUT2D eigenvalue weighted by atomic mass is 79.9. The van der Waals surface area contributed by atoms with E-state index in [1.54, 1.807) is 12.1 Å². The van der Waals surface area contributed by atoms with E-state index in [0.717, 1.165) is 10.0 Å². The molecule has 0 aliphatic rings. The lowest BCUT2D eigenvalue weighted by Crippen LogP contribution is -2.11. The van der Waals surface area contributed by atoms with Crippen molar-refractivity contribution in [1.29, 1.82) is 0 Å². The Bertz CT molecular complexity index is 743. The van der Waals surface area contributed by atoms with Gasteiger partial charge in [-0.1, -0.05) is 15.9 Å². The van der Waals surface area contributed by atoms with E-state index in [1.807, 2.05) is 24.3 Å². The molecule has 0 radical (unpaired) electrons. The molecule has 2 aromatic carbocycles. The third-order valence-electron chi connectivity index (χ3n) is 2.93. The summed E-state index contributed by atoms with van der Waals surface area (Å²) in [6.45, 7) is 0.836. The first kappa shape index (κ1) is 14.6. The molecule has 0 atom stereocenters. The maximum absolute atomic E-state index is 12.8. The Morgan fingerprint density at radius 2 is 1.77 bits per heavy atom. The molecule has 3 rings (SSSR count). The first-order valence-corrected chi connectivity index (χ1v) is 7.42. The van der Waals surface area contributed by atoms with Gasteiger partial charge in [0, 0.05) is 10.0 Å². The van der Waals surface area contributed by atoms with Gasteiger partial charge in [0.2, 0.25) is 5.82 Å². The summed E-state index contributed by atoms with van der Waals surface area (Å²) in [5.74, 6) is 0.883. The average molecular weight is 363 g/mol. The van der Waals surface area contributed by atoms with Crippen molar-refractivity contribution in [2.45, 2.75) is 6.54 Å². The maximum Gasteiger partial charge on any atom is 0.204 e. The van der Waals surface area contributed by atoms with Gasteiger partial charge in [-0.3, -0.25) is 0 Å². The van der Waals surface area contributed by atoms with Crippen LogP contribution >= 0.6 is 15.9 Å². The number of aromatic nitrogens is 4. The van der Waals surface area contributed by atoms with Crippen LogP contribution in [0.5, 0.6) is 5.75 Å². The molecule has 0 bridgehead atoms. The fraction of sp³-hybridized carbons (Fsp3) is 0.133. The zero-order valence-corrected chi connectivity index (χ0v) is 13.1. The Labute approximate surface area is 134 Å². The Kier molecular flexibility index (Phi) is 4.43. The molecule has 0 aliphatic heterocycles. The van der Waals surface area contributed by atoms with Crippen LogP contribution in [0.3, 0.4) is 0 Å². The Hall–Kier alpha value is -2.28. The van der Waals surface area contributed by atoms with Crippen LogP contribution in [0.25, 0.3) is 11.4 Å². The van der Waals surface area contributed by atoms with Crippen molar-refractivity contribution in [3.05, 3.63) is 58.8 Å². The number of benzene rings is 2. The average Bonchev–Trinajstić information content (AvgIpc) is 2.99. The minimum atomic E-state index is -0.288. The normalized spacial score (nSPS) is 10.6. The lowest BCUT2D eigenvalue weighted by Gasteiger charge is -2.04. The maximum atomic E-state index is 12.8. The zero-order valence-electron chi connectivity index (χ0n) is 11.5. The highest BCUT2D eigenvalue weighted by Gasteiger charge is 2.05. The number of nitrogens with zero attached hydrogens (tertiary/aromatic N) is 4. The van der Waals surface area contributed by atoms with E-state index in [9.17, 15) is 4.39 Å². The predicted molar refractivity (Wildman–Crippen MR) is 82.8 cm³/mol. The summed E-state index contributed by atoms with van der Waals surface area (Å²) in [4.78, 5) is 1.47. The summed E-state index contributed by atoms with van der Waals surface area (Å²) >= 11 is 3.38. The summed E-state index contributed by atoms with van der Waals surface area (Å²) < 4.78 is 19.3. The number of rotatable bonds is 5. The van der Waals surface area contributed by atoms with E-state index in [-0.39, 0.29) is 5.82 Å². The van der Waals surface area contributed by atoms with E-state index < -0.39 is 0 Å². The fourth-order valence-electron chi connectivity index (χ4n) is 1.83. The first-order valence-electron chi connectivity index (χ1n) is 6.63. The third-order valence-corrected chi connectivity index (χ3v) is 3.46. The summed E-state index contributed by atoms with van der Waals surface area (Å²) in [5.41, 5.74) is 0.897. The van der Waals surface area contributed by atoms with E-state index in [2.05, 4.69) is 31.3 Å². The largest absolute Gasteiger partial charge is 0.492 e. The highest BCUT2D eigenvalue weighted by Crippen LogP contribution is 2.17. The van der Waals surface area contributed by atoms with Crippen LogP contribution in [-0.2, 0) is 6.54 Å². The summed E-state index contributed by atoms with van der Waals surface area (Å²) in [5, 5.41) is 12.3. The molecule has 0 amide bonds. The first-order chi connectivity index (χ1) is 10.7. The van der Waals surface area contributed by atoms with Crippen LogP contribution in [-0.4, -0.2) is 26.8 Å². The smallest absolute Gasteiger partial charge is 0.204 e. The van der Waals surface area contributed by atoms with Gasteiger partial charge in [-0.2, -0.15) is 4.80 Å². The molecule has 3 aromatic rings. The molecule has 0 saturated carbocycles. The molecule has 112 valence electrons. The molecule has 0 N–H and O–H groups in total. The molecule has 1 heterocycles. The second-order valence-corrected chi connectivity index (χ2v) is 5.43. The van der Waals surface area contributed by atoms with Gasteiger partial charge in [-0.05, 0) is 53.7 Å². The molecule has 0 saturated heterocycles. The second kappa shape index (κ2) is 6.65. The number of ether oxygens (including phenoxy) is 1. The zero-order chi connectivity index (χ0) is 15.4. The number of hydrogen-bond donors (Lipinski definition) is 0. The second-order valence-electron chi connectivity index (χ2n) is 4.52. The van der Waals surface area contributed by atoms with Crippen LogP contribution in [0.1, 0.15) is 0 Å². The molecular weight excluding hydrogens is 351 g/mol. The SMILES string of the molecule is Fc1ccc(OCCn2nnc(-c3ccc(Br)cc3)n2)cc1. The van der Waals surface area contributed by atoms with Crippen LogP contribution in [0, 0.1) is 5.82 Å². The fourth-order valence-corrected chi connectivity index (χ4v) is 2.09. The number of tetrazole rings is 1. The molecule has 0 fully saturated rings. The topological polar surface area (TPSA) is 52.8 Å². The van der Waals surface area contributed by atoms with Crippen LogP contribution in [0.2, 0.25) is 0 Å². The van der Waals surface area contributed by atoms with Crippen LogP contribution < -0.4 is 4.74 Å². The summed E-state index contributed by atoms with van der Waals surface area (Å²) in [6, 6.07) is 13.6. The van der Waals surface area contributed by atoms with Crippen molar-refractivity contribution in [2.24, 2.45) is 0 Å². The van der Waals surface area contributed by atoms with Gasteiger partial charge in [0.1, 0.15) is 18.2 Å². The number of hydrogen-bond acceptors (Lipinski definition) is 4. The van der Waals surface area contributed by atoms with Gasteiger partial charge in [0.25, 0.3) is 0 Å².